The van der Waals surface area contributed by atoms with Gasteiger partial charge < -0.3 is 5.32 Å². The molecule has 2 heterocycles. The highest BCUT2D eigenvalue weighted by Gasteiger charge is 2.04. The lowest BCUT2D eigenvalue weighted by atomic mass is 10.1. The maximum absolute atomic E-state index is 8.72. The summed E-state index contributed by atoms with van der Waals surface area (Å²) in [6.45, 7) is 0. The minimum Gasteiger partial charge on any atom is -0.388 e. The number of anilines is 1. The van der Waals surface area contributed by atoms with E-state index in [1.807, 2.05) is 31.4 Å². The van der Waals surface area contributed by atoms with Crippen molar-refractivity contribution in [1.29, 1.82) is 5.26 Å². The van der Waals surface area contributed by atoms with E-state index in [2.05, 4.69) is 32.4 Å². The normalized spacial score (nSPS) is 10.3. The van der Waals surface area contributed by atoms with Crippen molar-refractivity contribution in [3.63, 3.8) is 0 Å². The van der Waals surface area contributed by atoms with E-state index in [9.17, 15) is 0 Å². The fourth-order valence-corrected chi connectivity index (χ4v) is 2.22. The van der Waals surface area contributed by atoms with Gasteiger partial charge >= 0.3 is 0 Å². The number of benzene rings is 1. The third kappa shape index (κ3) is 2.65. The predicted octanol–water partition coefficient (Wildman–Crippen LogP) is 2.53. The fraction of sp³-hybridized carbons (Fsp3) is 0.125. The first kappa shape index (κ1) is 13.0. The average Bonchev–Trinajstić information content (AvgIpc) is 2.54. The first-order valence-electron chi connectivity index (χ1n) is 6.56. The number of nitrogens with zero attached hydrogens (tertiary/aromatic N) is 4. The summed E-state index contributed by atoms with van der Waals surface area (Å²) in [4.78, 5) is 12.7. The topological polar surface area (TPSA) is 74.5 Å². The summed E-state index contributed by atoms with van der Waals surface area (Å²) in [7, 11) is 1.90. The van der Waals surface area contributed by atoms with Crippen LogP contribution in [0.1, 0.15) is 17.1 Å². The molecular weight excluding hydrogens is 262 g/mol. The van der Waals surface area contributed by atoms with Gasteiger partial charge in [-0.15, -0.1) is 0 Å². The Bertz CT molecular complexity index is 818. The van der Waals surface area contributed by atoms with Gasteiger partial charge in [0.05, 0.1) is 18.1 Å². The summed E-state index contributed by atoms with van der Waals surface area (Å²) < 4.78 is 0. The van der Waals surface area contributed by atoms with Crippen LogP contribution in [0.4, 0.5) is 5.69 Å². The van der Waals surface area contributed by atoms with Crippen molar-refractivity contribution < 1.29 is 0 Å². The summed E-state index contributed by atoms with van der Waals surface area (Å²) in [5.74, 6) is 0. The Labute approximate surface area is 122 Å². The number of rotatable bonds is 3. The molecule has 0 spiro atoms. The minimum atomic E-state index is 0.323. The molecular formula is C16H13N5. The van der Waals surface area contributed by atoms with Gasteiger partial charge in [0.15, 0.2) is 5.69 Å². The molecule has 0 aliphatic rings. The van der Waals surface area contributed by atoms with Crippen molar-refractivity contribution in [2.45, 2.75) is 6.42 Å². The summed E-state index contributed by atoms with van der Waals surface area (Å²) in [6.07, 6.45) is 5.57. The highest BCUT2D eigenvalue weighted by atomic mass is 14.8. The van der Waals surface area contributed by atoms with Crippen molar-refractivity contribution in [2.75, 3.05) is 12.4 Å². The molecule has 0 aliphatic carbocycles. The Morgan fingerprint density at radius 2 is 1.95 bits per heavy atom. The van der Waals surface area contributed by atoms with Crippen molar-refractivity contribution in [1.82, 2.24) is 15.0 Å². The zero-order valence-corrected chi connectivity index (χ0v) is 11.5. The summed E-state index contributed by atoms with van der Waals surface area (Å²) in [5.41, 5.74) is 3.11. The molecule has 0 radical (unpaired) electrons. The van der Waals surface area contributed by atoms with Gasteiger partial charge in [-0.25, -0.2) is 4.98 Å². The van der Waals surface area contributed by atoms with E-state index >= 15 is 0 Å². The average molecular weight is 275 g/mol. The molecule has 21 heavy (non-hydrogen) atoms. The molecule has 1 N–H and O–H groups in total. The third-order valence-electron chi connectivity index (χ3n) is 3.27. The number of nitriles is 1. The molecule has 0 amide bonds. The number of hydrogen-bond acceptors (Lipinski definition) is 5. The van der Waals surface area contributed by atoms with Crippen LogP contribution in [0.15, 0.2) is 42.9 Å². The Kier molecular flexibility index (Phi) is 3.44. The maximum atomic E-state index is 8.72. The van der Waals surface area contributed by atoms with Gasteiger partial charge in [0.25, 0.3) is 0 Å². The van der Waals surface area contributed by atoms with Gasteiger partial charge in [-0.1, -0.05) is 12.1 Å². The summed E-state index contributed by atoms with van der Waals surface area (Å²) >= 11 is 0. The van der Waals surface area contributed by atoms with E-state index in [1.165, 1.54) is 6.20 Å². The van der Waals surface area contributed by atoms with Crippen molar-refractivity contribution in [3.8, 4) is 6.07 Å². The number of fused-ring (bicyclic) bond motifs is 1. The molecule has 0 unspecified atom stereocenters. The lowest BCUT2D eigenvalue weighted by Crippen LogP contribution is -1.98. The van der Waals surface area contributed by atoms with Crippen LogP contribution in [0.3, 0.4) is 0 Å². The van der Waals surface area contributed by atoms with Crippen LogP contribution in [0, 0.1) is 11.3 Å². The molecule has 0 fully saturated rings. The molecule has 3 rings (SSSR count). The molecule has 0 saturated heterocycles. The molecule has 5 heteroatoms. The van der Waals surface area contributed by atoms with Crippen LogP contribution >= 0.6 is 0 Å². The molecule has 2 aromatic heterocycles. The lowest BCUT2D eigenvalue weighted by molar-refractivity contribution is 0.984. The smallest absolute Gasteiger partial charge is 0.158 e. The van der Waals surface area contributed by atoms with Crippen LogP contribution in [-0.4, -0.2) is 22.0 Å². The highest BCUT2D eigenvalue weighted by Crippen LogP contribution is 2.23. The van der Waals surface area contributed by atoms with E-state index < -0.39 is 0 Å². The first-order chi connectivity index (χ1) is 10.3. The van der Waals surface area contributed by atoms with Crippen LogP contribution < -0.4 is 5.32 Å². The van der Waals surface area contributed by atoms with E-state index in [4.69, 9.17) is 5.26 Å². The number of nitrogens with one attached hydrogen (secondary N) is 1. The van der Waals surface area contributed by atoms with Gasteiger partial charge in [0.2, 0.25) is 0 Å². The van der Waals surface area contributed by atoms with E-state index in [0.717, 1.165) is 27.8 Å². The van der Waals surface area contributed by atoms with E-state index in [0.29, 0.717) is 12.1 Å². The molecule has 0 bridgehead atoms. The van der Waals surface area contributed by atoms with Gasteiger partial charge in [-0.3, -0.25) is 9.97 Å². The molecule has 0 atom stereocenters. The minimum absolute atomic E-state index is 0.323. The van der Waals surface area contributed by atoms with E-state index in [1.54, 1.807) is 6.20 Å². The number of pyridine rings is 1. The second kappa shape index (κ2) is 5.55. The van der Waals surface area contributed by atoms with Crippen molar-refractivity contribution in [3.05, 3.63) is 59.9 Å². The Morgan fingerprint density at radius 1 is 1.10 bits per heavy atom. The van der Waals surface area contributed by atoms with Gasteiger partial charge in [0, 0.05) is 36.4 Å². The third-order valence-corrected chi connectivity index (χ3v) is 3.27. The van der Waals surface area contributed by atoms with Crippen molar-refractivity contribution in [2.24, 2.45) is 0 Å². The molecule has 0 saturated carbocycles. The van der Waals surface area contributed by atoms with Crippen LogP contribution in [0.5, 0.6) is 0 Å². The van der Waals surface area contributed by atoms with Crippen molar-refractivity contribution >= 4 is 16.5 Å². The maximum Gasteiger partial charge on any atom is 0.158 e. The zero-order chi connectivity index (χ0) is 14.7. The molecule has 102 valence electrons. The Morgan fingerprint density at radius 3 is 2.67 bits per heavy atom. The number of aromatic nitrogens is 3. The molecule has 3 aromatic rings. The van der Waals surface area contributed by atoms with Crippen LogP contribution in [0.25, 0.3) is 10.8 Å². The van der Waals surface area contributed by atoms with Gasteiger partial charge in [-0.2, -0.15) is 5.26 Å². The van der Waals surface area contributed by atoms with Crippen LogP contribution in [0.2, 0.25) is 0 Å². The summed E-state index contributed by atoms with van der Waals surface area (Å²) in [6, 6.07) is 10.1. The highest BCUT2D eigenvalue weighted by molar-refractivity contribution is 5.93. The molecule has 0 aliphatic heterocycles. The second-order valence-electron chi connectivity index (χ2n) is 4.63. The zero-order valence-electron chi connectivity index (χ0n) is 11.5. The fourth-order valence-electron chi connectivity index (χ4n) is 2.22. The number of hydrogen-bond donors (Lipinski definition) is 1. The monoisotopic (exact) mass is 275 g/mol. The Balaban J connectivity index is 1.92. The predicted molar refractivity (Wildman–Crippen MR) is 80.8 cm³/mol. The van der Waals surface area contributed by atoms with Gasteiger partial charge in [-0.05, 0) is 17.5 Å². The Hall–Kier alpha value is -3.00. The first-order valence-corrected chi connectivity index (χ1v) is 6.56. The standard InChI is InChI=1S/C16H13N5/c1-18-16-4-2-3-11-5-12(21-10-15(11)16)6-13-8-20-14(7-17)9-19-13/h2-5,8-10,18H,6H2,1H3. The second-order valence-corrected chi connectivity index (χ2v) is 4.63. The van der Waals surface area contributed by atoms with Crippen LogP contribution in [-0.2, 0) is 6.42 Å². The largest absolute Gasteiger partial charge is 0.388 e. The van der Waals surface area contributed by atoms with E-state index in [-0.39, 0.29) is 0 Å². The summed E-state index contributed by atoms with van der Waals surface area (Å²) in [5, 5.41) is 14.1. The lowest BCUT2D eigenvalue weighted by Gasteiger charge is -2.07. The van der Waals surface area contributed by atoms with Gasteiger partial charge in [0.1, 0.15) is 6.07 Å². The molecule has 1 aromatic carbocycles. The quantitative estimate of drug-likeness (QED) is 0.795. The SMILES string of the molecule is CNc1cccc2cc(Cc3cnc(C#N)cn3)ncc12. The molecule has 5 nitrogen and oxygen atoms in total.